The molecule has 0 radical (unpaired) electrons. The van der Waals surface area contributed by atoms with E-state index in [-0.39, 0.29) is 5.78 Å². The number of carbonyl (C=O) groups is 1. The Hall–Kier alpha value is -1.08. The van der Waals surface area contributed by atoms with Crippen LogP contribution in [0.2, 0.25) is 5.02 Å². The molecule has 0 atom stereocenters. The number of allylic oxidation sites excluding steroid dienone is 1. The molecule has 0 bridgehead atoms. The number of halogens is 1. The molecule has 0 aliphatic rings. The summed E-state index contributed by atoms with van der Waals surface area (Å²) in [5.41, 5.74) is 2.10. The smallest absolute Gasteiger partial charge is 0.152 e. The number of rotatable bonds is 2. The second kappa shape index (κ2) is 4.24. The van der Waals surface area contributed by atoms with Gasteiger partial charge in [0.05, 0.1) is 0 Å². The van der Waals surface area contributed by atoms with Crippen molar-refractivity contribution in [2.75, 3.05) is 0 Å². The molecule has 1 rings (SSSR count). The van der Waals surface area contributed by atoms with Crippen molar-refractivity contribution in [2.24, 2.45) is 0 Å². The first-order chi connectivity index (χ1) is 6.09. The predicted octanol–water partition coefficient (Wildman–Crippen LogP) is 3.25. The van der Waals surface area contributed by atoms with Crippen LogP contribution >= 0.6 is 11.6 Å². The van der Waals surface area contributed by atoms with E-state index in [9.17, 15) is 4.79 Å². The van der Waals surface area contributed by atoms with Gasteiger partial charge in [-0.25, -0.2) is 0 Å². The maximum atomic E-state index is 10.7. The lowest BCUT2D eigenvalue weighted by molar-refractivity contribution is -0.112. The molecule has 0 amide bonds. The Labute approximate surface area is 83.0 Å². The van der Waals surface area contributed by atoms with E-state index < -0.39 is 0 Å². The van der Waals surface area contributed by atoms with Crippen LogP contribution in [0.3, 0.4) is 0 Å². The SMILES string of the molecule is CC(=O)/C=C/c1cc(Cl)ccc1C. The maximum absolute atomic E-state index is 10.7. The zero-order valence-electron chi connectivity index (χ0n) is 7.67. The quantitative estimate of drug-likeness (QED) is 0.661. The van der Waals surface area contributed by atoms with E-state index in [0.717, 1.165) is 11.1 Å². The van der Waals surface area contributed by atoms with E-state index in [2.05, 4.69) is 0 Å². The molecule has 0 unspecified atom stereocenters. The van der Waals surface area contributed by atoms with Gasteiger partial charge in [0.15, 0.2) is 5.78 Å². The van der Waals surface area contributed by atoms with E-state index in [4.69, 9.17) is 11.6 Å². The van der Waals surface area contributed by atoms with E-state index in [0.29, 0.717) is 5.02 Å². The van der Waals surface area contributed by atoms with Gasteiger partial charge in [0.2, 0.25) is 0 Å². The van der Waals surface area contributed by atoms with Crippen LogP contribution in [-0.2, 0) is 4.79 Å². The Bertz CT molecular complexity index is 353. The summed E-state index contributed by atoms with van der Waals surface area (Å²) in [7, 11) is 0. The highest BCUT2D eigenvalue weighted by atomic mass is 35.5. The van der Waals surface area contributed by atoms with E-state index in [1.54, 1.807) is 12.2 Å². The lowest BCUT2D eigenvalue weighted by Gasteiger charge is -1.99. The first-order valence-electron chi connectivity index (χ1n) is 4.04. The number of carbonyl (C=O) groups excluding carboxylic acids is 1. The van der Waals surface area contributed by atoms with E-state index >= 15 is 0 Å². The summed E-state index contributed by atoms with van der Waals surface area (Å²) in [6.07, 6.45) is 3.32. The Balaban J connectivity index is 3.00. The molecule has 0 N–H and O–H groups in total. The Morgan fingerprint density at radius 1 is 1.46 bits per heavy atom. The van der Waals surface area contributed by atoms with Crippen molar-refractivity contribution in [2.45, 2.75) is 13.8 Å². The fraction of sp³-hybridized carbons (Fsp3) is 0.182. The minimum atomic E-state index is 0.0411. The number of hydrogen-bond acceptors (Lipinski definition) is 1. The molecule has 1 aromatic carbocycles. The molecule has 0 fully saturated rings. The fourth-order valence-electron chi connectivity index (χ4n) is 0.998. The van der Waals surface area contributed by atoms with Crippen molar-refractivity contribution in [1.82, 2.24) is 0 Å². The maximum Gasteiger partial charge on any atom is 0.152 e. The van der Waals surface area contributed by atoms with Crippen LogP contribution in [-0.4, -0.2) is 5.78 Å². The summed E-state index contributed by atoms with van der Waals surface area (Å²) < 4.78 is 0. The highest BCUT2D eigenvalue weighted by Gasteiger charge is 1.95. The Morgan fingerprint density at radius 3 is 2.77 bits per heavy atom. The summed E-state index contributed by atoms with van der Waals surface area (Å²) in [6.45, 7) is 3.51. The highest BCUT2D eigenvalue weighted by molar-refractivity contribution is 6.30. The lowest BCUT2D eigenvalue weighted by atomic mass is 10.1. The molecule has 0 heterocycles. The van der Waals surface area contributed by atoms with Crippen molar-refractivity contribution in [3.63, 3.8) is 0 Å². The Morgan fingerprint density at radius 2 is 2.15 bits per heavy atom. The molecule has 2 heteroatoms. The molecule has 13 heavy (non-hydrogen) atoms. The van der Waals surface area contributed by atoms with Crippen LogP contribution in [0.15, 0.2) is 24.3 Å². The van der Waals surface area contributed by atoms with Crippen LogP contribution in [0.25, 0.3) is 6.08 Å². The number of ketones is 1. The summed E-state index contributed by atoms with van der Waals surface area (Å²) in [5, 5.41) is 0.689. The Kier molecular flexibility index (Phi) is 3.26. The molecule has 0 aliphatic carbocycles. The summed E-state index contributed by atoms with van der Waals surface area (Å²) in [6, 6.07) is 5.61. The molecular weight excluding hydrogens is 184 g/mol. The molecule has 0 aliphatic heterocycles. The molecule has 0 spiro atoms. The topological polar surface area (TPSA) is 17.1 Å². The molecule has 0 aromatic heterocycles. The van der Waals surface area contributed by atoms with Gasteiger partial charge in [-0.05, 0) is 43.2 Å². The van der Waals surface area contributed by atoms with Gasteiger partial charge in [-0.15, -0.1) is 0 Å². The normalized spacial score (nSPS) is 10.7. The van der Waals surface area contributed by atoms with Crippen molar-refractivity contribution >= 4 is 23.5 Å². The van der Waals surface area contributed by atoms with Gasteiger partial charge in [0.1, 0.15) is 0 Å². The molecule has 0 saturated heterocycles. The summed E-state index contributed by atoms with van der Waals surface area (Å²) >= 11 is 5.81. The van der Waals surface area contributed by atoms with Gasteiger partial charge in [-0.2, -0.15) is 0 Å². The number of benzene rings is 1. The third-order valence-electron chi connectivity index (χ3n) is 1.74. The molecule has 1 nitrogen and oxygen atoms in total. The van der Waals surface area contributed by atoms with E-state index in [1.165, 1.54) is 6.92 Å². The van der Waals surface area contributed by atoms with Crippen LogP contribution in [0.5, 0.6) is 0 Å². The number of aryl methyl sites for hydroxylation is 1. The highest BCUT2D eigenvalue weighted by Crippen LogP contribution is 2.16. The van der Waals surface area contributed by atoms with Crippen molar-refractivity contribution in [3.05, 3.63) is 40.4 Å². The minimum absolute atomic E-state index is 0.0411. The molecule has 0 saturated carbocycles. The van der Waals surface area contributed by atoms with Gasteiger partial charge in [0, 0.05) is 5.02 Å². The average molecular weight is 195 g/mol. The average Bonchev–Trinajstić information content (AvgIpc) is 2.06. The molecular formula is C11H11ClO. The second-order valence-electron chi connectivity index (χ2n) is 2.94. The van der Waals surface area contributed by atoms with Gasteiger partial charge >= 0.3 is 0 Å². The van der Waals surface area contributed by atoms with Crippen LogP contribution < -0.4 is 0 Å². The van der Waals surface area contributed by atoms with Crippen molar-refractivity contribution in [3.8, 4) is 0 Å². The van der Waals surface area contributed by atoms with Crippen molar-refractivity contribution in [1.29, 1.82) is 0 Å². The van der Waals surface area contributed by atoms with Gasteiger partial charge in [-0.3, -0.25) is 4.79 Å². The summed E-state index contributed by atoms with van der Waals surface area (Å²) in [4.78, 5) is 10.7. The third kappa shape index (κ3) is 3.03. The van der Waals surface area contributed by atoms with Crippen LogP contribution in [0.4, 0.5) is 0 Å². The first-order valence-corrected chi connectivity index (χ1v) is 4.42. The zero-order chi connectivity index (χ0) is 9.84. The summed E-state index contributed by atoms with van der Waals surface area (Å²) in [5.74, 6) is 0.0411. The lowest BCUT2D eigenvalue weighted by Crippen LogP contribution is -1.83. The minimum Gasteiger partial charge on any atom is -0.295 e. The second-order valence-corrected chi connectivity index (χ2v) is 3.38. The fourth-order valence-corrected chi connectivity index (χ4v) is 1.18. The molecule has 1 aromatic rings. The third-order valence-corrected chi connectivity index (χ3v) is 1.97. The van der Waals surface area contributed by atoms with Crippen LogP contribution in [0, 0.1) is 6.92 Å². The monoisotopic (exact) mass is 194 g/mol. The largest absolute Gasteiger partial charge is 0.295 e. The van der Waals surface area contributed by atoms with Crippen molar-refractivity contribution < 1.29 is 4.79 Å². The van der Waals surface area contributed by atoms with Crippen LogP contribution in [0.1, 0.15) is 18.1 Å². The van der Waals surface area contributed by atoms with Gasteiger partial charge in [0.25, 0.3) is 0 Å². The predicted molar refractivity (Wildman–Crippen MR) is 55.9 cm³/mol. The standard InChI is InChI=1S/C11H11ClO/c1-8-3-6-11(12)7-10(8)5-4-9(2)13/h3-7H,1-2H3/b5-4+. The first kappa shape index (κ1) is 10.0. The van der Waals surface area contributed by atoms with Gasteiger partial charge < -0.3 is 0 Å². The molecule has 68 valence electrons. The van der Waals surface area contributed by atoms with Gasteiger partial charge in [-0.1, -0.05) is 23.7 Å². The van der Waals surface area contributed by atoms with E-state index in [1.807, 2.05) is 25.1 Å². The zero-order valence-corrected chi connectivity index (χ0v) is 8.43. The number of hydrogen-bond donors (Lipinski definition) is 0.